The van der Waals surface area contributed by atoms with Crippen molar-refractivity contribution in [2.24, 2.45) is 4.99 Å². The number of aromatic nitrogens is 2. The number of hydrogen-bond acceptors (Lipinski definition) is 4. The topological polar surface area (TPSA) is 70.1 Å². The van der Waals surface area contributed by atoms with Gasteiger partial charge in [-0.2, -0.15) is 4.39 Å². The van der Waals surface area contributed by atoms with Crippen LogP contribution in [0, 0.1) is 5.95 Å². The molecule has 0 aliphatic carbocycles. The SMILES string of the molecule is C[C@@H]1NC(c2c[nH]c(=O)c(C(F)F)c2)=NC1(c1ccc(Cl)cc1)c1ccnc(F)c1. The van der Waals surface area contributed by atoms with Crippen LogP contribution in [0.1, 0.15) is 35.6 Å². The molecule has 3 heterocycles. The molecular weight excluding hydrogens is 417 g/mol. The van der Waals surface area contributed by atoms with Crippen LogP contribution in [0.3, 0.4) is 0 Å². The molecule has 1 unspecified atom stereocenters. The van der Waals surface area contributed by atoms with Gasteiger partial charge in [-0.25, -0.2) is 18.8 Å². The average Bonchev–Trinajstić information content (AvgIpc) is 3.07. The fraction of sp³-hybridized carbons (Fsp3) is 0.190. The molecule has 0 bridgehead atoms. The molecule has 0 radical (unpaired) electrons. The van der Waals surface area contributed by atoms with Gasteiger partial charge in [-0.1, -0.05) is 23.7 Å². The fourth-order valence-corrected chi connectivity index (χ4v) is 3.83. The molecule has 0 saturated carbocycles. The summed E-state index contributed by atoms with van der Waals surface area (Å²) >= 11 is 6.03. The van der Waals surface area contributed by atoms with Crippen molar-refractivity contribution in [3.63, 3.8) is 0 Å². The molecule has 30 heavy (non-hydrogen) atoms. The molecule has 4 rings (SSSR count). The highest BCUT2D eigenvalue weighted by Crippen LogP contribution is 2.41. The zero-order valence-electron chi connectivity index (χ0n) is 15.7. The second-order valence-corrected chi connectivity index (χ2v) is 7.38. The third-order valence-corrected chi connectivity index (χ3v) is 5.41. The molecular formula is C21H16ClF3N4O. The van der Waals surface area contributed by atoms with Crippen LogP contribution in [-0.2, 0) is 5.54 Å². The summed E-state index contributed by atoms with van der Waals surface area (Å²) in [5.41, 5.74) is -1.02. The molecule has 0 spiro atoms. The van der Waals surface area contributed by atoms with Gasteiger partial charge in [0.2, 0.25) is 5.95 Å². The fourth-order valence-electron chi connectivity index (χ4n) is 3.70. The van der Waals surface area contributed by atoms with Crippen LogP contribution in [0.5, 0.6) is 0 Å². The standard InChI is InChI=1S/C21H16ClF3N4O/c1-11-21(13-2-4-15(22)5-3-13,14-6-7-26-17(23)9-14)29-19(28-11)12-8-16(18(24)25)20(30)27-10-12/h2-11,18H,1H3,(H,27,30)(H,28,29)/t11-,21?/m0/s1. The summed E-state index contributed by atoms with van der Waals surface area (Å²) in [6.07, 6.45) is -0.265. The summed E-state index contributed by atoms with van der Waals surface area (Å²) in [6.45, 7) is 1.85. The molecule has 1 aromatic carbocycles. The van der Waals surface area contributed by atoms with Crippen molar-refractivity contribution >= 4 is 17.4 Å². The summed E-state index contributed by atoms with van der Waals surface area (Å²) in [5, 5.41) is 3.71. The number of amidine groups is 1. The van der Waals surface area contributed by atoms with E-state index in [9.17, 15) is 18.0 Å². The summed E-state index contributed by atoms with van der Waals surface area (Å²) in [6, 6.07) is 10.6. The summed E-state index contributed by atoms with van der Waals surface area (Å²) in [7, 11) is 0. The van der Waals surface area contributed by atoms with Crippen LogP contribution >= 0.6 is 11.6 Å². The van der Waals surface area contributed by atoms with E-state index in [0.717, 1.165) is 11.6 Å². The van der Waals surface area contributed by atoms with Crippen LogP contribution < -0.4 is 10.9 Å². The minimum absolute atomic E-state index is 0.294. The quantitative estimate of drug-likeness (QED) is 0.607. The molecule has 0 fully saturated rings. The minimum atomic E-state index is -2.93. The first kappa shape index (κ1) is 20.2. The van der Waals surface area contributed by atoms with Crippen molar-refractivity contribution in [3.05, 3.63) is 98.4 Å². The Kier molecular flexibility index (Phi) is 5.11. The first-order valence-corrected chi connectivity index (χ1v) is 9.44. The first-order valence-electron chi connectivity index (χ1n) is 9.07. The molecule has 2 N–H and O–H groups in total. The maximum absolute atomic E-state index is 14.0. The lowest BCUT2D eigenvalue weighted by molar-refractivity contribution is 0.149. The molecule has 0 saturated heterocycles. The van der Waals surface area contributed by atoms with Gasteiger partial charge in [-0.05, 0) is 48.4 Å². The van der Waals surface area contributed by atoms with Gasteiger partial charge >= 0.3 is 0 Å². The van der Waals surface area contributed by atoms with Crippen molar-refractivity contribution in [3.8, 4) is 0 Å². The van der Waals surface area contributed by atoms with E-state index in [2.05, 4.69) is 15.3 Å². The number of nitrogens with zero attached hydrogens (tertiary/aromatic N) is 2. The van der Waals surface area contributed by atoms with E-state index >= 15 is 0 Å². The second-order valence-electron chi connectivity index (χ2n) is 6.94. The molecule has 9 heteroatoms. The third kappa shape index (κ3) is 3.37. The van der Waals surface area contributed by atoms with Gasteiger partial charge in [0, 0.05) is 23.0 Å². The maximum Gasteiger partial charge on any atom is 0.269 e. The number of nitrogens with one attached hydrogen (secondary N) is 2. The molecule has 3 aromatic rings. The van der Waals surface area contributed by atoms with E-state index in [0.29, 0.717) is 22.0 Å². The highest BCUT2D eigenvalue weighted by Gasteiger charge is 2.45. The highest BCUT2D eigenvalue weighted by molar-refractivity contribution is 6.30. The minimum Gasteiger partial charge on any atom is -0.364 e. The van der Waals surface area contributed by atoms with Gasteiger partial charge in [0.05, 0.1) is 11.6 Å². The largest absolute Gasteiger partial charge is 0.364 e. The summed E-state index contributed by atoms with van der Waals surface area (Å²) in [5.74, 6) is -0.367. The monoisotopic (exact) mass is 432 g/mol. The normalized spacial score (nSPS) is 20.9. The number of rotatable bonds is 4. The van der Waals surface area contributed by atoms with Gasteiger partial charge in [0.15, 0.2) is 0 Å². The van der Waals surface area contributed by atoms with E-state index in [-0.39, 0.29) is 6.04 Å². The first-order chi connectivity index (χ1) is 14.3. The zero-order chi connectivity index (χ0) is 21.5. The van der Waals surface area contributed by atoms with E-state index in [1.807, 2.05) is 6.92 Å². The van der Waals surface area contributed by atoms with E-state index in [1.54, 1.807) is 30.3 Å². The number of aliphatic imine (C=N–C) groups is 1. The number of pyridine rings is 2. The highest BCUT2D eigenvalue weighted by atomic mass is 35.5. The van der Waals surface area contributed by atoms with Gasteiger partial charge in [0.1, 0.15) is 11.4 Å². The second kappa shape index (κ2) is 7.60. The Morgan fingerprint density at radius 2 is 1.87 bits per heavy atom. The lowest BCUT2D eigenvalue weighted by atomic mass is 9.79. The average molecular weight is 433 g/mol. The molecule has 5 nitrogen and oxygen atoms in total. The number of halogens is 4. The van der Waals surface area contributed by atoms with Crippen LogP contribution in [0.25, 0.3) is 0 Å². The summed E-state index contributed by atoms with van der Waals surface area (Å²) in [4.78, 5) is 22.4. The van der Waals surface area contributed by atoms with Crippen LogP contribution in [0.4, 0.5) is 13.2 Å². The molecule has 154 valence electrons. The van der Waals surface area contributed by atoms with Gasteiger partial charge < -0.3 is 10.3 Å². The van der Waals surface area contributed by atoms with Crippen molar-refractivity contribution < 1.29 is 13.2 Å². The van der Waals surface area contributed by atoms with Gasteiger partial charge in [-0.3, -0.25) is 4.79 Å². The number of H-pyrrole nitrogens is 1. The third-order valence-electron chi connectivity index (χ3n) is 5.16. The Hall–Kier alpha value is -3.13. The van der Waals surface area contributed by atoms with Crippen molar-refractivity contribution in [1.29, 1.82) is 0 Å². The van der Waals surface area contributed by atoms with E-state index in [1.165, 1.54) is 18.5 Å². The number of hydrogen-bond donors (Lipinski definition) is 2. The summed E-state index contributed by atoms with van der Waals surface area (Å²) < 4.78 is 40.4. The molecule has 0 amide bonds. The molecule has 2 atom stereocenters. The smallest absolute Gasteiger partial charge is 0.269 e. The number of benzene rings is 1. The Morgan fingerprint density at radius 3 is 2.53 bits per heavy atom. The Morgan fingerprint density at radius 1 is 1.13 bits per heavy atom. The Bertz CT molecular complexity index is 1180. The lowest BCUT2D eigenvalue weighted by Gasteiger charge is -2.31. The van der Waals surface area contributed by atoms with Gasteiger partial charge in [-0.15, -0.1) is 0 Å². The van der Waals surface area contributed by atoms with Crippen molar-refractivity contribution in [1.82, 2.24) is 15.3 Å². The Labute approximate surface area is 174 Å². The van der Waals surface area contributed by atoms with E-state index in [4.69, 9.17) is 16.6 Å². The van der Waals surface area contributed by atoms with Crippen LogP contribution in [-0.4, -0.2) is 21.8 Å². The van der Waals surface area contributed by atoms with E-state index < -0.39 is 29.0 Å². The predicted molar refractivity (Wildman–Crippen MR) is 108 cm³/mol. The molecule has 2 aromatic heterocycles. The molecule has 1 aliphatic heterocycles. The zero-order valence-corrected chi connectivity index (χ0v) is 16.4. The van der Waals surface area contributed by atoms with Crippen molar-refractivity contribution in [2.75, 3.05) is 0 Å². The number of aromatic amines is 1. The predicted octanol–water partition coefficient (Wildman–Crippen LogP) is 4.18. The van der Waals surface area contributed by atoms with Crippen LogP contribution in [0.15, 0.2) is 64.6 Å². The van der Waals surface area contributed by atoms with Crippen LogP contribution in [0.2, 0.25) is 5.02 Å². The molecule has 1 aliphatic rings. The van der Waals surface area contributed by atoms with Gasteiger partial charge in [0.25, 0.3) is 12.0 Å². The van der Waals surface area contributed by atoms with Crippen molar-refractivity contribution in [2.45, 2.75) is 24.9 Å². The number of alkyl halides is 2. The maximum atomic E-state index is 14.0. The Balaban J connectivity index is 1.93. The lowest BCUT2D eigenvalue weighted by Crippen LogP contribution is -2.41.